The van der Waals surface area contributed by atoms with E-state index in [1.807, 2.05) is 54.7 Å². The molecule has 0 fully saturated rings. The van der Waals surface area contributed by atoms with Crippen LogP contribution in [-0.4, -0.2) is 31.9 Å². The first kappa shape index (κ1) is 23.0. The van der Waals surface area contributed by atoms with Crippen molar-refractivity contribution in [3.05, 3.63) is 101 Å². The van der Waals surface area contributed by atoms with Gasteiger partial charge >= 0.3 is 0 Å². The normalized spacial score (nSPS) is 13.5. The van der Waals surface area contributed by atoms with E-state index in [0.29, 0.717) is 5.02 Å². The molecule has 0 radical (unpaired) electrons. The highest BCUT2D eigenvalue weighted by atomic mass is 35.5. The quantitative estimate of drug-likeness (QED) is 0.347. The molecule has 0 spiro atoms. The van der Waals surface area contributed by atoms with Crippen molar-refractivity contribution in [2.24, 2.45) is 0 Å². The van der Waals surface area contributed by atoms with Crippen LogP contribution in [0.1, 0.15) is 24.0 Å². The van der Waals surface area contributed by atoms with Gasteiger partial charge in [0.15, 0.2) is 0 Å². The number of sulfonamides is 1. The van der Waals surface area contributed by atoms with Crippen LogP contribution in [0.15, 0.2) is 90.0 Å². The molecule has 0 saturated carbocycles. The van der Waals surface area contributed by atoms with E-state index in [1.54, 1.807) is 18.2 Å². The molecule has 1 unspecified atom stereocenters. The van der Waals surface area contributed by atoms with Crippen LogP contribution in [0.5, 0.6) is 0 Å². The molecular formula is C25H24ClN3O3S. The summed E-state index contributed by atoms with van der Waals surface area (Å²) in [6.07, 6.45) is 1.92. The van der Waals surface area contributed by atoms with Gasteiger partial charge in [0.1, 0.15) is 0 Å². The molecule has 4 rings (SSSR count). The number of benzene rings is 3. The van der Waals surface area contributed by atoms with Crippen LogP contribution < -0.4 is 10.0 Å². The molecule has 4 aromatic rings. The molecular weight excluding hydrogens is 458 g/mol. The van der Waals surface area contributed by atoms with Crippen molar-refractivity contribution in [1.82, 2.24) is 15.0 Å². The van der Waals surface area contributed by atoms with Crippen LogP contribution >= 0.6 is 11.6 Å². The minimum Gasteiger partial charge on any atom is -0.361 e. The minimum absolute atomic E-state index is 0.109. The van der Waals surface area contributed by atoms with E-state index >= 15 is 0 Å². The summed E-state index contributed by atoms with van der Waals surface area (Å²) in [5, 5.41) is 4.53. The smallest absolute Gasteiger partial charge is 0.241 e. The van der Waals surface area contributed by atoms with Gasteiger partial charge in [-0.15, -0.1) is 0 Å². The predicted octanol–water partition coefficient (Wildman–Crippen LogP) is 4.44. The fraction of sp³-hybridized carbons (Fsp3) is 0.160. The Hall–Kier alpha value is -3.13. The molecule has 170 valence electrons. The molecule has 0 aliphatic rings. The molecule has 8 heteroatoms. The highest BCUT2D eigenvalue weighted by molar-refractivity contribution is 7.89. The lowest BCUT2D eigenvalue weighted by Crippen LogP contribution is -2.45. The zero-order valence-electron chi connectivity index (χ0n) is 18.0. The van der Waals surface area contributed by atoms with Gasteiger partial charge in [-0.3, -0.25) is 4.79 Å². The molecule has 1 amide bonds. The van der Waals surface area contributed by atoms with Gasteiger partial charge in [0.05, 0.1) is 10.9 Å². The van der Waals surface area contributed by atoms with Gasteiger partial charge in [-0.2, -0.15) is 4.72 Å². The van der Waals surface area contributed by atoms with Crippen LogP contribution in [0, 0.1) is 0 Å². The van der Waals surface area contributed by atoms with Crippen molar-refractivity contribution in [3.8, 4) is 0 Å². The molecule has 6 nitrogen and oxygen atoms in total. The third-order valence-corrected chi connectivity index (χ3v) is 7.44. The Balaban J connectivity index is 1.55. The fourth-order valence-electron chi connectivity index (χ4n) is 3.84. The third kappa shape index (κ3) is 5.11. The van der Waals surface area contributed by atoms with Crippen molar-refractivity contribution < 1.29 is 13.2 Å². The number of rotatable bonds is 8. The number of para-hydroxylation sites is 1. The molecule has 33 heavy (non-hydrogen) atoms. The average Bonchev–Trinajstić information content (AvgIpc) is 3.24. The number of aromatic amines is 1. The predicted molar refractivity (Wildman–Crippen MR) is 131 cm³/mol. The van der Waals surface area contributed by atoms with Crippen LogP contribution in [0.25, 0.3) is 10.9 Å². The summed E-state index contributed by atoms with van der Waals surface area (Å²) in [4.78, 5) is 16.2. The molecule has 0 bridgehead atoms. The summed E-state index contributed by atoms with van der Waals surface area (Å²) < 4.78 is 27.6. The lowest BCUT2D eigenvalue weighted by molar-refractivity contribution is -0.122. The molecule has 0 saturated heterocycles. The Kier molecular flexibility index (Phi) is 6.83. The van der Waals surface area contributed by atoms with Crippen molar-refractivity contribution >= 4 is 38.4 Å². The lowest BCUT2D eigenvalue weighted by atomic mass is 9.90. The number of amides is 1. The van der Waals surface area contributed by atoms with Gasteiger partial charge in [-0.05, 0) is 42.3 Å². The Bertz CT molecular complexity index is 1370. The number of H-pyrrole nitrogens is 1. The molecule has 2 atom stereocenters. The third-order valence-electron chi connectivity index (χ3n) is 5.54. The number of aromatic nitrogens is 1. The topological polar surface area (TPSA) is 91.1 Å². The van der Waals surface area contributed by atoms with E-state index in [9.17, 15) is 13.2 Å². The maximum atomic E-state index is 12.8. The molecule has 0 aliphatic heterocycles. The largest absolute Gasteiger partial charge is 0.361 e. The SMILES string of the molecule is C[C@H](NS(=O)(=O)c1ccccc1)C(=O)NCC(c1ccccc1Cl)c1c[nH]c2ccccc12. The van der Waals surface area contributed by atoms with Crippen LogP contribution in [0.4, 0.5) is 0 Å². The zero-order chi connectivity index (χ0) is 23.4. The van der Waals surface area contributed by atoms with E-state index in [4.69, 9.17) is 11.6 Å². The standard InChI is InChI=1S/C25H24ClN3O3S/c1-17(29-33(31,32)18-9-3-2-4-10-18)25(30)28-16-21(19-11-5-7-13-23(19)26)22-15-27-24-14-8-6-12-20(22)24/h2-15,17,21,27,29H,16H2,1H3,(H,28,30)/t17-,21?/m0/s1. The van der Waals surface area contributed by atoms with Crippen molar-refractivity contribution in [1.29, 1.82) is 0 Å². The summed E-state index contributed by atoms with van der Waals surface area (Å²) in [5.41, 5.74) is 2.86. The Morgan fingerprint density at radius 2 is 1.61 bits per heavy atom. The summed E-state index contributed by atoms with van der Waals surface area (Å²) in [6, 6.07) is 22.4. The van der Waals surface area contributed by atoms with E-state index in [0.717, 1.165) is 22.0 Å². The number of nitrogens with one attached hydrogen (secondary N) is 3. The highest BCUT2D eigenvalue weighted by Gasteiger charge is 2.25. The van der Waals surface area contributed by atoms with E-state index in [2.05, 4.69) is 15.0 Å². The minimum atomic E-state index is -3.81. The summed E-state index contributed by atoms with van der Waals surface area (Å²) in [7, 11) is -3.81. The number of fused-ring (bicyclic) bond motifs is 1. The fourth-order valence-corrected chi connectivity index (χ4v) is 5.33. The maximum absolute atomic E-state index is 12.8. The Labute approximate surface area is 198 Å². The van der Waals surface area contributed by atoms with E-state index in [-0.39, 0.29) is 17.4 Å². The number of hydrogen-bond donors (Lipinski definition) is 3. The van der Waals surface area contributed by atoms with Crippen molar-refractivity contribution in [2.45, 2.75) is 23.8 Å². The van der Waals surface area contributed by atoms with E-state index in [1.165, 1.54) is 19.1 Å². The van der Waals surface area contributed by atoms with Crippen LogP contribution in [-0.2, 0) is 14.8 Å². The molecule has 1 heterocycles. The molecule has 0 aliphatic carbocycles. The average molecular weight is 482 g/mol. The highest BCUT2D eigenvalue weighted by Crippen LogP contribution is 2.34. The maximum Gasteiger partial charge on any atom is 0.241 e. The van der Waals surface area contributed by atoms with Crippen molar-refractivity contribution in [2.75, 3.05) is 6.54 Å². The first-order valence-corrected chi connectivity index (χ1v) is 12.4. The van der Waals surface area contributed by atoms with Crippen LogP contribution in [0.3, 0.4) is 0 Å². The van der Waals surface area contributed by atoms with Crippen LogP contribution in [0.2, 0.25) is 5.02 Å². The first-order chi connectivity index (χ1) is 15.9. The van der Waals surface area contributed by atoms with Gasteiger partial charge in [-0.25, -0.2) is 8.42 Å². The van der Waals surface area contributed by atoms with E-state index < -0.39 is 22.0 Å². The number of carbonyl (C=O) groups is 1. The van der Waals surface area contributed by atoms with Gasteiger partial charge in [0, 0.05) is 34.6 Å². The second-order valence-electron chi connectivity index (χ2n) is 7.76. The number of hydrogen-bond acceptors (Lipinski definition) is 3. The second kappa shape index (κ2) is 9.79. The molecule has 1 aromatic heterocycles. The summed E-state index contributed by atoms with van der Waals surface area (Å²) in [6.45, 7) is 1.77. The molecule has 3 N–H and O–H groups in total. The molecule has 3 aromatic carbocycles. The number of halogens is 1. The summed E-state index contributed by atoms with van der Waals surface area (Å²) in [5.74, 6) is -0.650. The lowest BCUT2D eigenvalue weighted by Gasteiger charge is -2.21. The Morgan fingerprint density at radius 1 is 0.939 bits per heavy atom. The van der Waals surface area contributed by atoms with Gasteiger partial charge in [-0.1, -0.05) is 66.2 Å². The van der Waals surface area contributed by atoms with Crippen molar-refractivity contribution in [3.63, 3.8) is 0 Å². The monoisotopic (exact) mass is 481 g/mol. The van der Waals surface area contributed by atoms with Gasteiger partial charge < -0.3 is 10.3 Å². The second-order valence-corrected chi connectivity index (χ2v) is 9.89. The van der Waals surface area contributed by atoms with Gasteiger partial charge in [0.2, 0.25) is 15.9 Å². The first-order valence-electron chi connectivity index (χ1n) is 10.5. The Morgan fingerprint density at radius 3 is 2.36 bits per heavy atom. The zero-order valence-corrected chi connectivity index (χ0v) is 19.5. The van der Waals surface area contributed by atoms with Gasteiger partial charge in [0.25, 0.3) is 0 Å². The number of carbonyl (C=O) groups excluding carboxylic acids is 1. The summed E-state index contributed by atoms with van der Waals surface area (Å²) >= 11 is 6.51.